The summed E-state index contributed by atoms with van der Waals surface area (Å²) in [6.07, 6.45) is 0. The average Bonchev–Trinajstić information content (AvgIpc) is 2.29. The van der Waals surface area contributed by atoms with E-state index in [2.05, 4.69) is 10.6 Å². The van der Waals surface area contributed by atoms with Crippen molar-refractivity contribution in [2.75, 3.05) is 6.54 Å². The summed E-state index contributed by atoms with van der Waals surface area (Å²) in [6.45, 7) is 3.25. The van der Waals surface area contributed by atoms with Gasteiger partial charge in [-0.1, -0.05) is 6.07 Å². The molecule has 1 aromatic rings. The van der Waals surface area contributed by atoms with Crippen LogP contribution in [0, 0.1) is 11.6 Å². The first-order chi connectivity index (χ1) is 8.41. The maximum absolute atomic E-state index is 13.3. The SMILES string of the molecule is CC(C)NC(=O)CNC(=O)c1cccc(F)c1F. The highest BCUT2D eigenvalue weighted by Gasteiger charge is 2.15. The molecule has 0 saturated heterocycles. The Hall–Kier alpha value is -1.98. The second kappa shape index (κ2) is 6.09. The Morgan fingerprint density at radius 3 is 2.56 bits per heavy atom. The molecule has 2 amide bonds. The van der Waals surface area contributed by atoms with E-state index in [4.69, 9.17) is 0 Å². The van der Waals surface area contributed by atoms with Crippen molar-refractivity contribution < 1.29 is 18.4 Å². The number of hydrogen-bond acceptors (Lipinski definition) is 2. The van der Waals surface area contributed by atoms with Crippen LogP contribution in [-0.2, 0) is 4.79 Å². The molecule has 0 aliphatic heterocycles. The smallest absolute Gasteiger partial charge is 0.254 e. The highest BCUT2D eigenvalue weighted by Crippen LogP contribution is 2.10. The average molecular weight is 256 g/mol. The van der Waals surface area contributed by atoms with Crippen molar-refractivity contribution in [3.05, 3.63) is 35.4 Å². The van der Waals surface area contributed by atoms with Gasteiger partial charge in [0.15, 0.2) is 11.6 Å². The lowest BCUT2D eigenvalue weighted by Crippen LogP contribution is -2.40. The third-order valence-electron chi connectivity index (χ3n) is 2.06. The number of halogens is 2. The van der Waals surface area contributed by atoms with Crippen molar-refractivity contribution in [2.24, 2.45) is 0 Å². The molecule has 18 heavy (non-hydrogen) atoms. The fraction of sp³-hybridized carbons (Fsp3) is 0.333. The van der Waals surface area contributed by atoms with E-state index in [0.29, 0.717) is 0 Å². The quantitative estimate of drug-likeness (QED) is 0.851. The molecule has 0 radical (unpaired) electrons. The van der Waals surface area contributed by atoms with E-state index in [-0.39, 0.29) is 12.6 Å². The van der Waals surface area contributed by atoms with Crippen LogP contribution in [0.25, 0.3) is 0 Å². The third kappa shape index (κ3) is 3.80. The van der Waals surface area contributed by atoms with Crippen LogP contribution >= 0.6 is 0 Å². The molecule has 0 aromatic heterocycles. The lowest BCUT2D eigenvalue weighted by molar-refractivity contribution is -0.120. The predicted octanol–water partition coefficient (Wildman–Crippen LogP) is 1.22. The number of amides is 2. The Bertz CT molecular complexity index is 461. The summed E-state index contributed by atoms with van der Waals surface area (Å²) >= 11 is 0. The lowest BCUT2D eigenvalue weighted by Gasteiger charge is -2.09. The topological polar surface area (TPSA) is 58.2 Å². The van der Waals surface area contributed by atoms with Gasteiger partial charge < -0.3 is 10.6 Å². The fourth-order valence-corrected chi connectivity index (χ4v) is 1.31. The normalized spacial score (nSPS) is 10.3. The zero-order chi connectivity index (χ0) is 13.7. The number of nitrogens with one attached hydrogen (secondary N) is 2. The summed E-state index contributed by atoms with van der Waals surface area (Å²) < 4.78 is 26.1. The first kappa shape index (κ1) is 14.1. The summed E-state index contributed by atoms with van der Waals surface area (Å²) in [4.78, 5) is 22.8. The van der Waals surface area contributed by atoms with E-state index in [1.54, 1.807) is 13.8 Å². The van der Waals surface area contributed by atoms with Gasteiger partial charge in [0.1, 0.15) is 0 Å². The van der Waals surface area contributed by atoms with E-state index >= 15 is 0 Å². The van der Waals surface area contributed by atoms with E-state index < -0.39 is 29.0 Å². The Kier molecular flexibility index (Phi) is 4.76. The molecule has 98 valence electrons. The van der Waals surface area contributed by atoms with Crippen molar-refractivity contribution in [1.29, 1.82) is 0 Å². The number of rotatable bonds is 4. The monoisotopic (exact) mass is 256 g/mol. The molecule has 0 aliphatic carbocycles. The van der Waals surface area contributed by atoms with Crippen LogP contribution in [0.3, 0.4) is 0 Å². The molecule has 0 atom stereocenters. The Morgan fingerprint density at radius 2 is 1.94 bits per heavy atom. The highest BCUT2D eigenvalue weighted by molar-refractivity contribution is 5.96. The van der Waals surface area contributed by atoms with Crippen LogP contribution in [0.2, 0.25) is 0 Å². The number of benzene rings is 1. The lowest BCUT2D eigenvalue weighted by atomic mass is 10.2. The van der Waals surface area contributed by atoms with Gasteiger partial charge in [-0.15, -0.1) is 0 Å². The van der Waals surface area contributed by atoms with Crippen molar-refractivity contribution in [3.63, 3.8) is 0 Å². The summed E-state index contributed by atoms with van der Waals surface area (Å²) in [5.74, 6) is -3.55. The van der Waals surface area contributed by atoms with E-state index in [1.165, 1.54) is 6.07 Å². The summed E-state index contributed by atoms with van der Waals surface area (Å²) in [5.41, 5.74) is -0.424. The number of carbonyl (C=O) groups excluding carboxylic acids is 2. The van der Waals surface area contributed by atoms with Gasteiger partial charge in [-0.2, -0.15) is 0 Å². The number of carbonyl (C=O) groups is 2. The summed E-state index contributed by atoms with van der Waals surface area (Å²) in [6, 6.07) is 3.23. The molecule has 2 N–H and O–H groups in total. The van der Waals surface area contributed by atoms with Gasteiger partial charge in [0, 0.05) is 6.04 Å². The van der Waals surface area contributed by atoms with Gasteiger partial charge in [-0.25, -0.2) is 8.78 Å². The van der Waals surface area contributed by atoms with E-state index in [9.17, 15) is 18.4 Å². The van der Waals surface area contributed by atoms with Crippen molar-refractivity contribution in [2.45, 2.75) is 19.9 Å². The van der Waals surface area contributed by atoms with Crippen LogP contribution in [-0.4, -0.2) is 24.4 Å². The van der Waals surface area contributed by atoms with Gasteiger partial charge in [0.25, 0.3) is 5.91 Å². The summed E-state index contributed by atoms with van der Waals surface area (Å²) in [7, 11) is 0. The molecule has 0 bridgehead atoms. The van der Waals surface area contributed by atoms with Crippen molar-refractivity contribution in [3.8, 4) is 0 Å². The van der Waals surface area contributed by atoms with Crippen LogP contribution < -0.4 is 10.6 Å². The molecule has 0 saturated carbocycles. The second-order valence-corrected chi connectivity index (χ2v) is 4.01. The van der Waals surface area contributed by atoms with Gasteiger partial charge in [-0.05, 0) is 26.0 Å². The molecular weight excluding hydrogens is 242 g/mol. The molecule has 6 heteroatoms. The van der Waals surface area contributed by atoms with Crippen LogP contribution in [0.15, 0.2) is 18.2 Å². The summed E-state index contributed by atoms with van der Waals surface area (Å²) in [5, 5.41) is 4.77. The standard InChI is InChI=1S/C12H14F2N2O2/c1-7(2)16-10(17)6-15-12(18)8-4-3-5-9(13)11(8)14/h3-5,7H,6H2,1-2H3,(H,15,18)(H,16,17). The number of hydrogen-bond donors (Lipinski definition) is 2. The van der Waals surface area contributed by atoms with Crippen LogP contribution in [0.1, 0.15) is 24.2 Å². The minimum Gasteiger partial charge on any atom is -0.352 e. The highest BCUT2D eigenvalue weighted by atomic mass is 19.2. The molecule has 1 rings (SSSR count). The third-order valence-corrected chi connectivity index (χ3v) is 2.06. The van der Waals surface area contributed by atoms with E-state index in [0.717, 1.165) is 12.1 Å². The minimum absolute atomic E-state index is 0.0553. The van der Waals surface area contributed by atoms with Crippen molar-refractivity contribution >= 4 is 11.8 Å². The van der Waals surface area contributed by atoms with Gasteiger partial charge in [-0.3, -0.25) is 9.59 Å². The Morgan fingerprint density at radius 1 is 1.28 bits per heavy atom. The maximum atomic E-state index is 13.3. The second-order valence-electron chi connectivity index (χ2n) is 4.01. The van der Waals surface area contributed by atoms with Crippen LogP contribution in [0.5, 0.6) is 0 Å². The predicted molar refractivity (Wildman–Crippen MR) is 62.0 cm³/mol. The van der Waals surface area contributed by atoms with E-state index in [1.807, 2.05) is 0 Å². The van der Waals surface area contributed by atoms with Gasteiger partial charge >= 0.3 is 0 Å². The largest absolute Gasteiger partial charge is 0.352 e. The zero-order valence-corrected chi connectivity index (χ0v) is 10.1. The molecule has 0 fully saturated rings. The first-order valence-corrected chi connectivity index (χ1v) is 5.43. The first-order valence-electron chi connectivity index (χ1n) is 5.43. The zero-order valence-electron chi connectivity index (χ0n) is 10.1. The Labute approximate surface area is 103 Å². The molecular formula is C12H14F2N2O2. The van der Waals surface area contributed by atoms with Crippen LogP contribution in [0.4, 0.5) is 8.78 Å². The fourth-order valence-electron chi connectivity index (χ4n) is 1.31. The Balaban J connectivity index is 2.61. The molecule has 0 spiro atoms. The minimum atomic E-state index is -1.22. The molecule has 0 aliphatic rings. The van der Waals surface area contributed by atoms with Gasteiger partial charge in [0.05, 0.1) is 12.1 Å². The molecule has 0 heterocycles. The molecule has 1 aromatic carbocycles. The molecule has 4 nitrogen and oxygen atoms in total. The van der Waals surface area contributed by atoms with Gasteiger partial charge in [0.2, 0.25) is 5.91 Å². The maximum Gasteiger partial charge on any atom is 0.254 e. The van der Waals surface area contributed by atoms with Crippen molar-refractivity contribution in [1.82, 2.24) is 10.6 Å². The molecule has 0 unspecified atom stereocenters.